The molecule has 5 rings (SSSR count). The molecule has 0 bridgehead atoms. The second kappa shape index (κ2) is 10.6. The Morgan fingerprint density at radius 3 is 2.47 bits per heavy atom. The molecule has 3 atom stereocenters. The molecule has 1 fully saturated rings. The zero-order valence-corrected chi connectivity index (χ0v) is 21.7. The first-order valence-corrected chi connectivity index (χ1v) is 13.2. The Kier molecular flexibility index (Phi) is 7.55. The summed E-state index contributed by atoms with van der Waals surface area (Å²) in [6.07, 6.45) is 0.900. The molecule has 2 aliphatic rings. The van der Waals surface area contributed by atoms with Gasteiger partial charge in [0.25, 0.3) is 5.92 Å². The van der Waals surface area contributed by atoms with Gasteiger partial charge in [-0.2, -0.15) is 0 Å². The molecule has 2 aromatic carbocycles. The van der Waals surface area contributed by atoms with Crippen LogP contribution in [0.2, 0.25) is 0 Å². The van der Waals surface area contributed by atoms with Gasteiger partial charge in [0.2, 0.25) is 0 Å². The molecule has 2 N–H and O–H groups in total. The minimum Gasteiger partial charge on any atom is -0.390 e. The Morgan fingerprint density at radius 2 is 1.82 bits per heavy atom. The monoisotopic (exact) mass is 535 g/mol. The molecule has 3 heterocycles. The van der Waals surface area contributed by atoms with Crippen molar-refractivity contribution in [2.45, 2.75) is 50.6 Å². The maximum Gasteiger partial charge on any atom is 0.283 e. The highest BCUT2D eigenvalue weighted by Crippen LogP contribution is 2.44. The third-order valence-electron chi connectivity index (χ3n) is 8.36. The number of hydrogen-bond donors (Lipinski definition) is 2. The first-order valence-electron chi connectivity index (χ1n) is 13.2. The van der Waals surface area contributed by atoms with E-state index in [0.29, 0.717) is 30.6 Å². The number of rotatable bonds is 9. The maximum absolute atomic E-state index is 15.9. The summed E-state index contributed by atoms with van der Waals surface area (Å²) in [5.41, 5.74) is 2.39. The molecule has 4 nitrogen and oxygen atoms in total. The van der Waals surface area contributed by atoms with E-state index < -0.39 is 42.8 Å². The van der Waals surface area contributed by atoms with Crippen LogP contribution in [0, 0.1) is 17.6 Å². The zero-order chi connectivity index (χ0) is 27.2. The number of likely N-dealkylation sites (tertiary alicyclic amines) is 1. The number of hydrogen-bond acceptors (Lipinski definition) is 3. The van der Waals surface area contributed by atoms with E-state index in [0.717, 1.165) is 29.6 Å². The number of aromatic amines is 1. The summed E-state index contributed by atoms with van der Waals surface area (Å²) < 4.78 is 73.2. The van der Waals surface area contributed by atoms with Crippen LogP contribution in [0.3, 0.4) is 0 Å². The van der Waals surface area contributed by atoms with Gasteiger partial charge in [-0.1, -0.05) is 25.1 Å². The number of H-pyrrole nitrogens is 1. The van der Waals surface area contributed by atoms with E-state index in [1.165, 1.54) is 17.0 Å². The van der Waals surface area contributed by atoms with Gasteiger partial charge in [-0.05, 0) is 60.9 Å². The lowest BCUT2D eigenvalue weighted by Crippen LogP contribution is -2.49. The van der Waals surface area contributed by atoms with Crippen molar-refractivity contribution in [3.05, 3.63) is 70.4 Å². The summed E-state index contributed by atoms with van der Waals surface area (Å²) in [5, 5.41) is 10.2. The molecule has 0 amide bonds. The van der Waals surface area contributed by atoms with Crippen LogP contribution in [-0.2, 0) is 6.42 Å². The molecule has 1 aromatic heterocycles. The normalized spacial score (nSPS) is 22.0. The van der Waals surface area contributed by atoms with Crippen LogP contribution < -0.4 is 0 Å². The van der Waals surface area contributed by atoms with Gasteiger partial charge in [0.05, 0.1) is 19.3 Å². The molecule has 2 unspecified atom stereocenters. The SMILES string of the molecule is CC(c1cc(F)c([C@@H]2c3[nH]c4ccccc4c3CC(C)N2CC(F)(F)CO)c(F)c1)C1CN(CCCF)C1. The van der Waals surface area contributed by atoms with Gasteiger partial charge in [0.1, 0.15) is 18.2 Å². The molecule has 9 heteroatoms. The summed E-state index contributed by atoms with van der Waals surface area (Å²) >= 11 is 0. The van der Waals surface area contributed by atoms with Gasteiger partial charge < -0.3 is 15.0 Å². The number of nitrogens with zero attached hydrogens (tertiary/aromatic N) is 2. The predicted molar refractivity (Wildman–Crippen MR) is 137 cm³/mol. The topological polar surface area (TPSA) is 42.5 Å². The first-order chi connectivity index (χ1) is 18.1. The van der Waals surface area contributed by atoms with E-state index in [9.17, 15) is 18.3 Å². The number of aliphatic hydroxyl groups is 1. The number of para-hydroxylation sites is 1. The largest absolute Gasteiger partial charge is 0.390 e. The molecular formula is C29H34F5N3O. The smallest absolute Gasteiger partial charge is 0.283 e. The molecule has 0 aliphatic carbocycles. The fraction of sp³-hybridized carbons (Fsp3) is 0.517. The van der Waals surface area contributed by atoms with Crippen molar-refractivity contribution in [1.82, 2.24) is 14.8 Å². The number of benzene rings is 2. The van der Waals surface area contributed by atoms with Crippen molar-refractivity contribution in [2.24, 2.45) is 5.92 Å². The lowest BCUT2D eigenvalue weighted by molar-refractivity contribution is -0.0869. The van der Waals surface area contributed by atoms with E-state index in [1.807, 2.05) is 31.2 Å². The Morgan fingerprint density at radius 1 is 1.13 bits per heavy atom. The van der Waals surface area contributed by atoms with Crippen LogP contribution in [0.15, 0.2) is 36.4 Å². The minimum atomic E-state index is -3.43. The minimum absolute atomic E-state index is 0.113. The fourth-order valence-corrected chi connectivity index (χ4v) is 6.17. The van der Waals surface area contributed by atoms with Crippen molar-refractivity contribution in [3.8, 4) is 0 Å². The van der Waals surface area contributed by atoms with Crippen LogP contribution in [0.25, 0.3) is 10.9 Å². The standard InChI is InChI=1S/C29H34F5N3O/c1-17-10-22-21-6-3-4-7-25(21)35-27(22)28(37(17)15-29(33,34)16-38)26-23(31)11-19(12-24(26)32)18(2)20-13-36(14-20)9-5-8-30/h3-4,6-7,11-12,17-18,20,28,35,38H,5,8-10,13-16H2,1-2H3/t17?,18?,28-/m1/s1. The van der Waals surface area contributed by atoms with Crippen molar-refractivity contribution in [3.63, 3.8) is 0 Å². The summed E-state index contributed by atoms with van der Waals surface area (Å²) in [5.74, 6) is -4.90. The fourth-order valence-electron chi connectivity index (χ4n) is 6.17. The van der Waals surface area contributed by atoms with Crippen LogP contribution in [-0.4, -0.2) is 71.3 Å². The van der Waals surface area contributed by atoms with Crippen molar-refractivity contribution in [1.29, 1.82) is 0 Å². The molecule has 2 aliphatic heterocycles. The van der Waals surface area contributed by atoms with Gasteiger partial charge >= 0.3 is 0 Å². The highest BCUT2D eigenvalue weighted by molar-refractivity contribution is 5.85. The Balaban J connectivity index is 1.53. The first kappa shape index (κ1) is 27.1. The summed E-state index contributed by atoms with van der Waals surface area (Å²) in [6.45, 7) is 3.30. The third-order valence-corrected chi connectivity index (χ3v) is 8.36. The lowest BCUT2D eigenvalue weighted by Gasteiger charge is -2.43. The molecule has 206 valence electrons. The molecule has 3 aromatic rings. The average Bonchev–Trinajstić information content (AvgIpc) is 3.22. The van der Waals surface area contributed by atoms with Gasteiger partial charge in [-0.25, -0.2) is 17.6 Å². The van der Waals surface area contributed by atoms with Crippen molar-refractivity contribution in [2.75, 3.05) is 39.5 Å². The quantitative estimate of drug-likeness (QED) is 0.340. The molecule has 38 heavy (non-hydrogen) atoms. The predicted octanol–water partition coefficient (Wildman–Crippen LogP) is 5.80. The van der Waals surface area contributed by atoms with Crippen molar-refractivity contribution >= 4 is 10.9 Å². The lowest BCUT2D eigenvalue weighted by atomic mass is 9.81. The molecular weight excluding hydrogens is 501 g/mol. The van der Waals surface area contributed by atoms with E-state index in [1.54, 1.807) is 6.92 Å². The summed E-state index contributed by atoms with van der Waals surface area (Å²) in [4.78, 5) is 6.78. The second-order valence-corrected chi connectivity index (χ2v) is 11.0. The molecule has 0 spiro atoms. The van der Waals surface area contributed by atoms with Gasteiger partial charge in [-0.15, -0.1) is 0 Å². The van der Waals surface area contributed by atoms with Gasteiger partial charge in [0.15, 0.2) is 0 Å². The van der Waals surface area contributed by atoms with Crippen LogP contribution in [0.1, 0.15) is 54.6 Å². The zero-order valence-electron chi connectivity index (χ0n) is 21.7. The summed E-state index contributed by atoms with van der Waals surface area (Å²) in [6, 6.07) is 8.59. The maximum atomic E-state index is 15.9. The van der Waals surface area contributed by atoms with Crippen LogP contribution >= 0.6 is 0 Å². The number of fused-ring (bicyclic) bond motifs is 3. The molecule has 1 saturated heterocycles. The van der Waals surface area contributed by atoms with E-state index in [4.69, 9.17) is 0 Å². The Hall–Kier alpha value is -2.49. The van der Waals surface area contributed by atoms with Gasteiger partial charge in [0, 0.05) is 47.8 Å². The second-order valence-electron chi connectivity index (χ2n) is 11.0. The third kappa shape index (κ3) is 4.96. The number of halogens is 5. The van der Waals surface area contributed by atoms with Gasteiger partial charge in [-0.3, -0.25) is 9.29 Å². The molecule has 0 radical (unpaired) electrons. The van der Waals surface area contributed by atoms with Crippen LogP contribution in [0.4, 0.5) is 22.0 Å². The number of alkyl halides is 3. The Bertz CT molecular complexity index is 1270. The van der Waals surface area contributed by atoms with Crippen molar-refractivity contribution < 1.29 is 27.1 Å². The van der Waals surface area contributed by atoms with E-state index in [-0.39, 0.29) is 24.1 Å². The highest BCUT2D eigenvalue weighted by Gasteiger charge is 2.43. The number of nitrogens with one attached hydrogen (secondary N) is 1. The summed E-state index contributed by atoms with van der Waals surface area (Å²) in [7, 11) is 0. The van der Waals surface area contributed by atoms with Crippen LogP contribution in [0.5, 0.6) is 0 Å². The molecule has 0 saturated carbocycles. The highest BCUT2D eigenvalue weighted by atomic mass is 19.3. The van der Waals surface area contributed by atoms with E-state index in [2.05, 4.69) is 9.88 Å². The Labute approximate surface area is 219 Å². The average molecular weight is 536 g/mol. The van der Waals surface area contributed by atoms with E-state index >= 15 is 8.78 Å². The number of aliphatic hydroxyl groups excluding tert-OH is 1. The number of aromatic nitrogens is 1.